The van der Waals surface area contributed by atoms with Gasteiger partial charge in [0.05, 0.1) is 4.90 Å². The van der Waals surface area contributed by atoms with Gasteiger partial charge in [0.15, 0.2) is 0 Å². The van der Waals surface area contributed by atoms with Crippen LogP contribution in [0.2, 0.25) is 0 Å². The van der Waals surface area contributed by atoms with Crippen LogP contribution in [0, 0.1) is 12.7 Å². The SMILES string of the molecule is Cc1cc(F)ccc1COc1ccc(S(=O)(=O)Cl)cc1. The predicted octanol–water partition coefficient (Wildman–Crippen LogP) is 3.64. The molecule has 0 fully saturated rings. The molecule has 0 aliphatic carbocycles. The van der Waals surface area contributed by atoms with E-state index in [1.54, 1.807) is 13.0 Å². The van der Waals surface area contributed by atoms with E-state index in [0.717, 1.165) is 11.1 Å². The highest BCUT2D eigenvalue weighted by Gasteiger charge is 2.09. The van der Waals surface area contributed by atoms with Crippen LogP contribution in [0.4, 0.5) is 4.39 Å². The van der Waals surface area contributed by atoms with Crippen molar-refractivity contribution < 1.29 is 17.5 Å². The Morgan fingerprint density at radius 2 is 1.80 bits per heavy atom. The molecule has 0 aliphatic heterocycles. The van der Waals surface area contributed by atoms with Gasteiger partial charge in [-0.15, -0.1) is 0 Å². The molecular formula is C14H12ClFO3S. The minimum absolute atomic E-state index is 0.0180. The third kappa shape index (κ3) is 3.71. The van der Waals surface area contributed by atoms with Crippen LogP contribution < -0.4 is 4.74 Å². The largest absolute Gasteiger partial charge is 0.489 e. The topological polar surface area (TPSA) is 43.4 Å². The summed E-state index contributed by atoms with van der Waals surface area (Å²) in [5, 5.41) is 0. The molecule has 3 nitrogen and oxygen atoms in total. The summed E-state index contributed by atoms with van der Waals surface area (Å²) in [6, 6.07) is 10.2. The number of hydrogen-bond acceptors (Lipinski definition) is 3. The molecule has 106 valence electrons. The van der Waals surface area contributed by atoms with E-state index in [0.29, 0.717) is 5.75 Å². The van der Waals surface area contributed by atoms with Crippen LogP contribution in [0.15, 0.2) is 47.4 Å². The van der Waals surface area contributed by atoms with Gasteiger partial charge in [0.2, 0.25) is 0 Å². The zero-order chi connectivity index (χ0) is 14.8. The molecule has 20 heavy (non-hydrogen) atoms. The highest BCUT2D eigenvalue weighted by atomic mass is 35.7. The first-order chi connectivity index (χ1) is 9.36. The second-order valence-electron chi connectivity index (χ2n) is 4.27. The van der Waals surface area contributed by atoms with Crippen molar-refractivity contribution in [3.8, 4) is 5.75 Å². The van der Waals surface area contributed by atoms with Gasteiger partial charge in [-0.1, -0.05) is 6.07 Å². The summed E-state index contributed by atoms with van der Waals surface area (Å²) < 4.78 is 40.7. The van der Waals surface area contributed by atoms with Gasteiger partial charge in [0.25, 0.3) is 9.05 Å². The molecule has 0 radical (unpaired) electrons. The van der Waals surface area contributed by atoms with E-state index in [-0.39, 0.29) is 17.3 Å². The molecule has 0 N–H and O–H groups in total. The molecule has 0 bridgehead atoms. The molecule has 0 aliphatic rings. The first kappa shape index (κ1) is 14.8. The van der Waals surface area contributed by atoms with E-state index in [4.69, 9.17) is 15.4 Å². The van der Waals surface area contributed by atoms with Gasteiger partial charge in [-0.3, -0.25) is 0 Å². The van der Waals surface area contributed by atoms with Crippen LogP contribution >= 0.6 is 10.7 Å². The predicted molar refractivity (Wildman–Crippen MR) is 74.9 cm³/mol. The van der Waals surface area contributed by atoms with Crippen LogP contribution in [0.5, 0.6) is 5.75 Å². The minimum Gasteiger partial charge on any atom is -0.489 e. The van der Waals surface area contributed by atoms with Crippen molar-refractivity contribution in [1.82, 2.24) is 0 Å². The average molecular weight is 315 g/mol. The maximum Gasteiger partial charge on any atom is 0.261 e. The first-order valence-electron chi connectivity index (χ1n) is 5.79. The van der Waals surface area contributed by atoms with Crippen LogP contribution in [0.1, 0.15) is 11.1 Å². The molecule has 2 aromatic carbocycles. The molecular weight excluding hydrogens is 303 g/mol. The summed E-state index contributed by atoms with van der Waals surface area (Å²) in [5.41, 5.74) is 1.66. The Hall–Kier alpha value is -1.59. The Labute approximate surface area is 121 Å². The Morgan fingerprint density at radius 1 is 1.15 bits per heavy atom. The lowest BCUT2D eigenvalue weighted by Crippen LogP contribution is -1.99. The summed E-state index contributed by atoms with van der Waals surface area (Å²) in [4.78, 5) is 0.0180. The van der Waals surface area contributed by atoms with Gasteiger partial charge in [0.1, 0.15) is 18.2 Å². The molecule has 0 amide bonds. The quantitative estimate of drug-likeness (QED) is 0.809. The summed E-state index contributed by atoms with van der Waals surface area (Å²) in [7, 11) is 1.49. The van der Waals surface area contributed by atoms with E-state index in [9.17, 15) is 12.8 Å². The van der Waals surface area contributed by atoms with Crippen LogP contribution in [0.25, 0.3) is 0 Å². The zero-order valence-corrected chi connectivity index (χ0v) is 12.2. The van der Waals surface area contributed by atoms with Gasteiger partial charge in [-0.05, 0) is 54.4 Å². The Kier molecular flexibility index (Phi) is 4.30. The second kappa shape index (κ2) is 5.81. The van der Waals surface area contributed by atoms with Gasteiger partial charge in [0, 0.05) is 10.7 Å². The van der Waals surface area contributed by atoms with Crippen molar-refractivity contribution in [3.63, 3.8) is 0 Å². The average Bonchev–Trinajstić information content (AvgIpc) is 2.37. The normalized spacial score (nSPS) is 11.3. The number of rotatable bonds is 4. The van der Waals surface area contributed by atoms with Crippen LogP contribution in [-0.4, -0.2) is 8.42 Å². The fourth-order valence-corrected chi connectivity index (χ4v) is 2.45. The van der Waals surface area contributed by atoms with Crippen molar-refractivity contribution in [3.05, 3.63) is 59.4 Å². The smallest absolute Gasteiger partial charge is 0.261 e. The van der Waals surface area contributed by atoms with Crippen molar-refractivity contribution in [1.29, 1.82) is 0 Å². The molecule has 0 saturated heterocycles. The van der Waals surface area contributed by atoms with E-state index in [1.165, 1.54) is 36.4 Å². The summed E-state index contributed by atoms with van der Waals surface area (Å²) in [5.74, 6) is 0.223. The molecule has 0 spiro atoms. The van der Waals surface area contributed by atoms with Crippen molar-refractivity contribution >= 4 is 19.7 Å². The molecule has 0 unspecified atom stereocenters. The fourth-order valence-electron chi connectivity index (χ4n) is 1.68. The molecule has 0 atom stereocenters. The van der Waals surface area contributed by atoms with E-state index in [1.807, 2.05) is 0 Å². The number of aryl methyl sites for hydroxylation is 1. The van der Waals surface area contributed by atoms with Crippen molar-refractivity contribution in [2.45, 2.75) is 18.4 Å². The highest BCUT2D eigenvalue weighted by molar-refractivity contribution is 8.13. The maximum absolute atomic E-state index is 13.0. The molecule has 0 saturated carbocycles. The van der Waals surface area contributed by atoms with Gasteiger partial charge >= 0.3 is 0 Å². The van der Waals surface area contributed by atoms with Gasteiger partial charge in [-0.2, -0.15) is 0 Å². The number of ether oxygens (including phenoxy) is 1. The number of benzene rings is 2. The van der Waals surface area contributed by atoms with Gasteiger partial charge in [-0.25, -0.2) is 12.8 Å². The standard InChI is InChI=1S/C14H12ClFO3S/c1-10-8-12(16)3-2-11(10)9-19-13-4-6-14(7-5-13)20(15,17)18/h2-8H,9H2,1H3. The summed E-state index contributed by atoms with van der Waals surface area (Å²) in [6.45, 7) is 2.07. The van der Waals surface area contributed by atoms with Crippen LogP contribution in [-0.2, 0) is 15.7 Å². The first-order valence-corrected chi connectivity index (χ1v) is 8.10. The van der Waals surface area contributed by atoms with E-state index >= 15 is 0 Å². The molecule has 0 aromatic heterocycles. The fraction of sp³-hybridized carbons (Fsp3) is 0.143. The third-order valence-corrected chi connectivity index (χ3v) is 4.17. The maximum atomic E-state index is 13.0. The lowest BCUT2D eigenvalue weighted by molar-refractivity contribution is 0.305. The Morgan fingerprint density at radius 3 is 2.35 bits per heavy atom. The lowest BCUT2D eigenvalue weighted by Gasteiger charge is -2.09. The summed E-state index contributed by atoms with van der Waals surface area (Å²) in [6.07, 6.45) is 0. The molecule has 0 heterocycles. The lowest BCUT2D eigenvalue weighted by atomic mass is 10.1. The monoisotopic (exact) mass is 314 g/mol. The van der Waals surface area contributed by atoms with E-state index in [2.05, 4.69) is 0 Å². The molecule has 6 heteroatoms. The number of hydrogen-bond donors (Lipinski definition) is 0. The molecule has 2 rings (SSSR count). The van der Waals surface area contributed by atoms with E-state index < -0.39 is 9.05 Å². The molecule has 2 aromatic rings. The number of halogens is 2. The third-order valence-electron chi connectivity index (χ3n) is 2.80. The Balaban J connectivity index is 2.08. The summed E-state index contributed by atoms with van der Waals surface area (Å²) >= 11 is 0. The highest BCUT2D eigenvalue weighted by Crippen LogP contribution is 2.20. The minimum atomic E-state index is -3.72. The van der Waals surface area contributed by atoms with Crippen molar-refractivity contribution in [2.75, 3.05) is 0 Å². The van der Waals surface area contributed by atoms with Gasteiger partial charge < -0.3 is 4.74 Å². The second-order valence-corrected chi connectivity index (χ2v) is 6.83. The van der Waals surface area contributed by atoms with Crippen molar-refractivity contribution in [2.24, 2.45) is 0 Å². The Bertz CT molecular complexity index is 712. The zero-order valence-electron chi connectivity index (χ0n) is 10.6. The van der Waals surface area contributed by atoms with Crippen LogP contribution in [0.3, 0.4) is 0 Å².